The van der Waals surface area contributed by atoms with Crippen LogP contribution < -0.4 is 9.64 Å². The number of carbonyl (C=O) groups is 4. The standard InChI is InChI=1S/C31H25NO6/c1-37-24-14-12-18(13-15-24)27(33)28(19-6-3-2-4-7-19)38-31(36)22-8-5-9-23(17-22)32-29(34)25-20-10-11-21(16-20)26(25)30(32)35/h2-15,17,20-21,25-26,28H,16H2,1H3/t20-,21-,25-,26+,28-/m0/s1. The Kier molecular flexibility index (Phi) is 5.91. The van der Waals surface area contributed by atoms with Gasteiger partial charge in [-0.15, -0.1) is 0 Å². The van der Waals surface area contributed by atoms with Gasteiger partial charge in [-0.05, 0) is 60.7 Å². The molecule has 7 heteroatoms. The summed E-state index contributed by atoms with van der Waals surface area (Å²) in [5.74, 6) is -1.45. The molecule has 0 radical (unpaired) electrons. The summed E-state index contributed by atoms with van der Waals surface area (Å²) >= 11 is 0. The monoisotopic (exact) mass is 507 g/mol. The van der Waals surface area contributed by atoms with Gasteiger partial charge in [-0.2, -0.15) is 0 Å². The van der Waals surface area contributed by atoms with Gasteiger partial charge in [0.2, 0.25) is 17.6 Å². The molecule has 190 valence electrons. The number of rotatable bonds is 7. The second kappa shape index (κ2) is 9.41. The van der Waals surface area contributed by atoms with E-state index in [9.17, 15) is 19.2 Å². The third-order valence-electron chi connectivity index (χ3n) is 7.75. The first-order valence-electron chi connectivity index (χ1n) is 12.6. The minimum atomic E-state index is -1.18. The zero-order chi connectivity index (χ0) is 26.4. The number of ketones is 1. The summed E-state index contributed by atoms with van der Waals surface area (Å²) in [4.78, 5) is 54.4. The highest BCUT2D eigenvalue weighted by atomic mass is 16.5. The van der Waals surface area contributed by atoms with E-state index in [-0.39, 0.29) is 46.8 Å². The molecule has 0 spiro atoms. The first-order valence-corrected chi connectivity index (χ1v) is 12.6. The minimum absolute atomic E-state index is 0.0928. The summed E-state index contributed by atoms with van der Waals surface area (Å²) < 4.78 is 10.9. The fourth-order valence-corrected chi connectivity index (χ4v) is 5.91. The topological polar surface area (TPSA) is 90.0 Å². The average Bonchev–Trinajstić information content (AvgIpc) is 3.65. The molecule has 1 saturated carbocycles. The van der Waals surface area contributed by atoms with E-state index in [0.29, 0.717) is 22.6 Å². The number of allylic oxidation sites excluding steroid dienone is 2. The largest absolute Gasteiger partial charge is 0.497 e. The number of nitrogens with zero attached hydrogens (tertiary/aromatic N) is 1. The average molecular weight is 508 g/mol. The van der Waals surface area contributed by atoms with Crippen molar-refractivity contribution in [2.45, 2.75) is 12.5 Å². The summed E-state index contributed by atoms with van der Waals surface area (Å²) in [6.45, 7) is 0. The molecule has 38 heavy (non-hydrogen) atoms. The van der Waals surface area contributed by atoms with Crippen molar-refractivity contribution in [3.8, 4) is 5.75 Å². The maximum atomic E-state index is 13.4. The van der Waals surface area contributed by atoms with Gasteiger partial charge in [0.05, 0.1) is 30.2 Å². The van der Waals surface area contributed by atoms with Crippen LogP contribution in [-0.4, -0.2) is 30.7 Å². The molecular formula is C31H25NO6. The van der Waals surface area contributed by atoms with Gasteiger partial charge in [-0.1, -0.05) is 48.6 Å². The fourth-order valence-electron chi connectivity index (χ4n) is 5.91. The molecule has 7 nitrogen and oxygen atoms in total. The molecule has 5 atom stereocenters. The Morgan fingerprint density at radius 3 is 2.11 bits per heavy atom. The van der Waals surface area contributed by atoms with Crippen molar-refractivity contribution in [3.63, 3.8) is 0 Å². The summed E-state index contributed by atoms with van der Waals surface area (Å²) in [6.07, 6.45) is 3.74. The van der Waals surface area contributed by atoms with Gasteiger partial charge in [0.25, 0.3) is 0 Å². The Morgan fingerprint density at radius 2 is 1.47 bits per heavy atom. The number of methoxy groups -OCH3 is 1. The van der Waals surface area contributed by atoms with Crippen molar-refractivity contribution in [2.75, 3.05) is 12.0 Å². The predicted octanol–water partition coefficient (Wildman–Crippen LogP) is 4.79. The Hall–Kier alpha value is -4.52. The molecular weight excluding hydrogens is 482 g/mol. The van der Waals surface area contributed by atoms with Gasteiger partial charge in [0.1, 0.15) is 5.75 Å². The van der Waals surface area contributed by atoms with Crippen LogP contribution in [0.15, 0.2) is 91.0 Å². The molecule has 0 N–H and O–H groups in total. The van der Waals surface area contributed by atoms with Crippen LogP contribution in [0.25, 0.3) is 0 Å². The van der Waals surface area contributed by atoms with E-state index < -0.39 is 12.1 Å². The van der Waals surface area contributed by atoms with Crippen molar-refractivity contribution in [1.82, 2.24) is 0 Å². The van der Waals surface area contributed by atoms with Gasteiger partial charge in [0, 0.05) is 11.1 Å². The molecule has 2 bridgehead atoms. The van der Waals surface area contributed by atoms with Crippen LogP contribution >= 0.6 is 0 Å². The van der Waals surface area contributed by atoms with Gasteiger partial charge in [0.15, 0.2) is 6.10 Å². The van der Waals surface area contributed by atoms with Crippen molar-refractivity contribution < 1.29 is 28.7 Å². The molecule has 1 aliphatic heterocycles. The third-order valence-corrected chi connectivity index (χ3v) is 7.75. The van der Waals surface area contributed by atoms with Crippen LogP contribution in [-0.2, 0) is 14.3 Å². The fraction of sp³-hybridized carbons (Fsp3) is 0.226. The highest BCUT2D eigenvalue weighted by Crippen LogP contribution is 2.53. The number of esters is 1. The Labute approximate surface area is 219 Å². The molecule has 2 fully saturated rings. The second-order valence-corrected chi connectivity index (χ2v) is 9.85. The number of hydrogen-bond acceptors (Lipinski definition) is 6. The van der Waals surface area contributed by atoms with Crippen LogP contribution in [0.3, 0.4) is 0 Å². The van der Waals surface area contributed by atoms with Gasteiger partial charge in [-0.25, -0.2) is 9.69 Å². The zero-order valence-corrected chi connectivity index (χ0v) is 20.7. The number of hydrogen-bond donors (Lipinski definition) is 0. The number of benzene rings is 3. The van der Waals surface area contributed by atoms with Crippen LogP contribution in [0.1, 0.15) is 38.8 Å². The number of imide groups is 1. The lowest BCUT2D eigenvalue weighted by atomic mass is 9.85. The van der Waals surface area contributed by atoms with Gasteiger partial charge < -0.3 is 9.47 Å². The Balaban J connectivity index is 1.26. The van der Waals surface area contributed by atoms with E-state index in [2.05, 4.69) is 0 Å². The number of fused-ring (bicyclic) bond motifs is 5. The van der Waals surface area contributed by atoms with Crippen LogP contribution in [0.5, 0.6) is 5.75 Å². The smallest absolute Gasteiger partial charge is 0.339 e. The molecule has 2 amide bonds. The van der Waals surface area contributed by atoms with E-state index >= 15 is 0 Å². The van der Waals surface area contributed by atoms with Crippen molar-refractivity contribution in [1.29, 1.82) is 0 Å². The molecule has 1 heterocycles. The highest BCUT2D eigenvalue weighted by Gasteiger charge is 2.59. The van der Waals surface area contributed by atoms with E-state index in [1.807, 2.05) is 18.2 Å². The van der Waals surface area contributed by atoms with Crippen molar-refractivity contribution in [3.05, 3.63) is 108 Å². The molecule has 1 saturated heterocycles. The SMILES string of the molecule is COc1ccc(C(=O)[C@@H](OC(=O)c2cccc(N3C(=O)[C@@H]4[C@H](C3=O)[C@H]3C=C[C@H]4C3)c2)c2ccccc2)cc1. The summed E-state index contributed by atoms with van der Waals surface area (Å²) in [5.41, 5.74) is 1.37. The van der Waals surface area contributed by atoms with E-state index in [0.717, 1.165) is 6.42 Å². The Morgan fingerprint density at radius 1 is 0.816 bits per heavy atom. The number of carbonyl (C=O) groups excluding carboxylic acids is 4. The van der Waals surface area contributed by atoms with Gasteiger partial charge in [-0.3, -0.25) is 14.4 Å². The number of amides is 2. The molecule has 0 unspecified atom stereocenters. The normalized spacial score (nSPS) is 23.9. The van der Waals surface area contributed by atoms with Crippen molar-refractivity contribution in [2.24, 2.45) is 23.7 Å². The number of anilines is 1. The highest BCUT2D eigenvalue weighted by molar-refractivity contribution is 6.23. The predicted molar refractivity (Wildman–Crippen MR) is 139 cm³/mol. The Bertz CT molecular complexity index is 1430. The summed E-state index contributed by atoms with van der Waals surface area (Å²) in [5, 5.41) is 0. The number of ether oxygens (including phenoxy) is 2. The lowest BCUT2D eigenvalue weighted by Gasteiger charge is -2.20. The first-order chi connectivity index (χ1) is 18.5. The second-order valence-electron chi connectivity index (χ2n) is 9.85. The molecule has 6 rings (SSSR count). The first kappa shape index (κ1) is 23.9. The van der Waals surface area contributed by atoms with Crippen LogP contribution in [0.4, 0.5) is 5.69 Å². The van der Waals surface area contributed by atoms with Crippen LogP contribution in [0, 0.1) is 23.7 Å². The van der Waals surface area contributed by atoms with Crippen molar-refractivity contribution >= 4 is 29.3 Å². The summed E-state index contributed by atoms with van der Waals surface area (Å²) in [6, 6.07) is 21.6. The van der Waals surface area contributed by atoms with Crippen LogP contribution in [0.2, 0.25) is 0 Å². The molecule has 3 aliphatic rings. The molecule has 3 aromatic carbocycles. The lowest BCUT2D eigenvalue weighted by Crippen LogP contribution is -2.33. The van der Waals surface area contributed by atoms with Gasteiger partial charge >= 0.3 is 5.97 Å². The zero-order valence-electron chi connectivity index (χ0n) is 20.7. The quantitative estimate of drug-likeness (QED) is 0.198. The third kappa shape index (κ3) is 3.91. The molecule has 3 aromatic rings. The lowest BCUT2D eigenvalue weighted by molar-refractivity contribution is -0.123. The van der Waals surface area contributed by atoms with E-state index in [1.54, 1.807) is 66.7 Å². The molecule has 2 aliphatic carbocycles. The van der Waals surface area contributed by atoms with E-state index in [4.69, 9.17) is 9.47 Å². The number of Topliss-reactive ketones (excluding diaryl/α,β-unsaturated/α-hetero) is 1. The maximum absolute atomic E-state index is 13.4. The van der Waals surface area contributed by atoms with E-state index in [1.165, 1.54) is 18.1 Å². The minimum Gasteiger partial charge on any atom is -0.497 e. The maximum Gasteiger partial charge on any atom is 0.339 e. The molecule has 0 aromatic heterocycles. The summed E-state index contributed by atoms with van der Waals surface area (Å²) in [7, 11) is 1.54.